The van der Waals surface area contributed by atoms with E-state index in [0.29, 0.717) is 5.56 Å². The topological polar surface area (TPSA) is 157 Å². The minimum absolute atomic E-state index is 0.141. The quantitative estimate of drug-likeness (QED) is 0.170. The summed E-state index contributed by atoms with van der Waals surface area (Å²) in [4.78, 5) is 52.0. The SMILES string of the molecule is CC(C)[C@H](NC(=O)c1ccc(-c2ccccc2)cc1)C(=O)NC(Cc1ccccc1)C(=O)N[C@@H](C)C(=O)NCB(O)O. The Morgan fingerprint density at radius 1 is 0.690 bits per heavy atom. The summed E-state index contributed by atoms with van der Waals surface area (Å²) in [6.07, 6.45) is -0.254. The summed E-state index contributed by atoms with van der Waals surface area (Å²) >= 11 is 0. The zero-order valence-corrected chi connectivity index (χ0v) is 23.9. The first-order chi connectivity index (χ1) is 20.0. The summed E-state index contributed by atoms with van der Waals surface area (Å²) < 4.78 is 0. The van der Waals surface area contributed by atoms with E-state index in [1.807, 2.05) is 72.8 Å². The fourth-order valence-electron chi connectivity index (χ4n) is 4.25. The molecule has 0 saturated heterocycles. The van der Waals surface area contributed by atoms with Gasteiger partial charge in [-0.3, -0.25) is 19.2 Å². The van der Waals surface area contributed by atoms with Gasteiger partial charge in [0.15, 0.2) is 0 Å². The molecule has 0 spiro atoms. The van der Waals surface area contributed by atoms with Gasteiger partial charge in [-0.1, -0.05) is 86.6 Å². The van der Waals surface area contributed by atoms with Crippen molar-refractivity contribution >= 4 is 30.7 Å². The number of carbonyl (C=O) groups excluding carboxylic acids is 4. The van der Waals surface area contributed by atoms with E-state index in [4.69, 9.17) is 10.0 Å². The molecule has 0 fully saturated rings. The van der Waals surface area contributed by atoms with Crippen molar-refractivity contribution in [1.29, 1.82) is 0 Å². The Morgan fingerprint density at radius 2 is 1.26 bits per heavy atom. The molecule has 0 aromatic heterocycles. The van der Waals surface area contributed by atoms with Gasteiger partial charge in [-0.15, -0.1) is 0 Å². The zero-order valence-electron chi connectivity index (χ0n) is 23.9. The molecule has 0 bridgehead atoms. The van der Waals surface area contributed by atoms with Crippen LogP contribution in [0.4, 0.5) is 0 Å². The van der Waals surface area contributed by atoms with E-state index in [-0.39, 0.29) is 12.3 Å². The zero-order chi connectivity index (χ0) is 30.6. The molecule has 1 unspecified atom stereocenters. The molecule has 0 aliphatic rings. The van der Waals surface area contributed by atoms with Gasteiger partial charge in [-0.05, 0) is 41.7 Å². The van der Waals surface area contributed by atoms with Gasteiger partial charge in [0.2, 0.25) is 17.7 Å². The molecule has 220 valence electrons. The summed E-state index contributed by atoms with van der Waals surface area (Å²) in [7, 11) is -1.73. The van der Waals surface area contributed by atoms with Crippen LogP contribution in [0.15, 0.2) is 84.9 Å². The number of hydrogen-bond acceptors (Lipinski definition) is 6. The Morgan fingerprint density at radius 3 is 1.83 bits per heavy atom. The summed E-state index contributed by atoms with van der Waals surface area (Å²) in [5.41, 5.74) is 3.14. The molecule has 3 atom stereocenters. The Hall–Kier alpha value is -4.48. The van der Waals surface area contributed by atoms with Crippen LogP contribution in [-0.4, -0.2) is 65.4 Å². The standard InChI is InChI=1S/C31H37BN4O6/c1-20(2)27(36-29(38)25-16-14-24(15-17-25)23-12-8-5-9-13-23)31(40)35-26(18-22-10-6-4-7-11-22)30(39)34-21(3)28(37)33-19-32(41)42/h4-17,20-21,26-27,41-42H,18-19H2,1-3H3,(H,33,37)(H,34,39)(H,35,40)(H,36,38)/t21-,26?,27-/m0/s1. The summed E-state index contributed by atoms with van der Waals surface area (Å²) in [5, 5.41) is 28.4. The molecule has 0 aliphatic heterocycles. The highest BCUT2D eigenvalue weighted by molar-refractivity contribution is 6.41. The molecular formula is C31H37BN4O6. The van der Waals surface area contributed by atoms with E-state index in [2.05, 4.69) is 21.3 Å². The second-order valence-electron chi connectivity index (χ2n) is 10.3. The van der Waals surface area contributed by atoms with E-state index in [0.717, 1.165) is 16.7 Å². The molecular weight excluding hydrogens is 535 g/mol. The molecule has 42 heavy (non-hydrogen) atoms. The van der Waals surface area contributed by atoms with Crippen LogP contribution in [0.3, 0.4) is 0 Å². The average Bonchev–Trinajstić information content (AvgIpc) is 2.98. The normalized spacial score (nSPS) is 12.9. The third kappa shape index (κ3) is 9.57. The van der Waals surface area contributed by atoms with Crippen molar-refractivity contribution in [2.75, 3.05) is 6.44 Å². The lowest BCUT2D eigenvalue weighted by Gasteiger charge is -2.26. The van der Waals surface area contributed by atoms with Crippen LogP contribution in [0.1, 0.15) is 36.7 Å². The van der Waals surface area contributed by atoms with Gasteiger partial charge in [-0.2, -0.15) is 0 Å². The van der Waals surface area contributed by atoms with Crippen LogP contribution in [-0.2, 0) is 20.8 Å². The highest BCUT2D eigenvalue weighted by Gasteiger charge is 2.30. The van der Waals surface area contributed by atoms with Crippen LogP contribution < -0.4 is 21.3 Å². The Kier molecular flexibility index (Phi) is 11.8. The maximum atomic E-state index is 13.5. The van der Waals surface area contributed by atoms with Gasteiger partial charge in [0.25, 0.3) is 5.91 Å². The van der Waals surface area contributed by atoms with Crippen molar-refractivity contribution < 1.29 is 29.2 Å². The number of benzene rings is 3. The molecule has 3 rings (SSSR count). The van der Waals surface area contributed by atoms with Crippen LogP contribution in [0, 0.1) is 5.92 Å². The number of carbonyl (C=O) groups is 4. The first-order valence-corrected chi connectivity index (χ1v) is 13.8. The van der Waals surface area contributed by atoms with Gasteiger partial charge < -0.3 is 31.3 Å². The van der Waals surface area contributed by atoms with Crippen LogP contribution in [0.25, 0.3) is 11.1 Å². The first kappa shape index (κ1) is 32.0. The minimum atomic E-state index is -1.73. The predicted molar refractivity (Wildman–Crippen MR) is 161 cm³/mol. The minimum Gasteiger partial charge on any atom is -0.426 e. The fourth-order valence-corrected chi connectivity index (χ4v) is 4.25. The second kappa shape index (κ2) is 15.5. The Labute approximate surface area is 246 Å². The summed E-state index contributed by atoms with van der Waals surface area (Å²) in [6, 6.07) is 22.9. The predicted octanol–water partition coefficient (Wildman–Crippen LogP) is 1.47. The lowest BCUT2D eigenvalue weighted by atomic mass is 9.92. The molecule has 4 amide bonds. The monoisotopic (exact) mass is 572 g/mol. The van der Waals surface area contributed by atoms with Gasteiger partial charge in [-0.25, -0.2) is 0 Å². The lowest BCUT2D eigenvalue weighted by molar-refractivity contribution is -0.132. The van der Waals surface area contributed by atoms with Crippen LogP contribution >= 0.6 is 0 Å². The Balaban J connectivity index is 1.72. The van der Waals surface area contributed by atoms with Crippen molar-refractivity contribution in [2.24, 2.45) is 5.92 Å². The van der Waals surface area contributed by atoms with Crippen LogP contribution in [0.2, 0.25) is 0 Å². The molecule has 3 aromatic carbocycles. The van der Waals surface area contributed by atoms with Crippen molar-refractivity contribution in [3.05, 3.63) is 96.1 Å². The van der Waals surface area contributed by atoms with E-state index < -0.39 is 55.3 Å². The molecule has 0 radical (unpaired) electrons. The van der Waals surface area contributed by atoms with Gasteiger partial charge in [0.05, 0.1) is 6.44 Å². The molecule has 0 saturated carbocycles. The van der Waals surface area contributed by atoms with E-state index in [1.165, 1.54) is 6.92 Å². The average molecular weight is 572 g/mol. The summed E-state index contributed by atoms with van der Waals surface area (Å²) in [5.74, 6) is -2.50. The molecule has 0 aliphatic carbocycles. The molecule has 11 heteroatoms. The number of rotatable bonds is 13. The number of hydrogen-bond donors (Lipinski definition) is 6. The Bertz CT molecular complexity index is 1340. The van der Waals surface area contributed by atoms with Crippen molar-refractivity contribution in [1.82, 2.24) is 21.3 Å². The van der Waals surface area contributed by atoms with E-state index in [9.17, 15) is 19.2 Å². The lowest BCUT2D eigenvalue weighted by Crippen LogP contribution is -2.58. The van der Waals surface area contributed by atoms with Crippen molar-refractivity contribution in [3.8, 4) is 11.1 Å². The third-order valence-corrected chi connectivity index (χ3v) is 6.62. The molecule has 0 heterocycles. The van der Waals surface area contributed by atoms with E-state index in [1.54, 1.807) is 26.0 Å². The van der Waals surface area contributed by atoms with Gasteiger partial charge in [0, 0.05) is 12.0 Å². The maximum Gasteiger partial charge on any atom is 0.472 e. The second-order valence-corrected chi connectivity index (χ2v) is 10.3. The van der Waals surface area contributed by atoms with Crippen molar-refractivity contribution in [3.63, 3.8) is 0 Å². The van der Waals surface area contributed by atoms with Gasteiger partial charge in [0.1, 0.15) is 18.1 Å². The van der Waals surface area contributed by atoms with Crippen LogP contribution in [0.5, 0.6) is 0 Å². The smallest absolute Gasteiger partial charge is 0.426 e. The molecule has 3 aromatic rings. The number of amides is 4. The first-order valence-electron chi connectivity index (χ1n) is 13.8. The fraction of sp³-hybridized carbons (Fsp3) is 0.290. The van der Waals surface area contributed by atoms with Crippen molar-refractivity contribution in [2.45, 2.75) is 45.3 Å². The highest BCUT2D eigenvalue weighted by Crippen LogP contribution is 2.19. The largest absolute Gasteiger partial charge is 0.472 e. The number of nitrogens with one attached hydrogen (secondary N) is 4. The maximum absolute atomic E-state index is 13.5. The molecule has 6 N–H and O–H groups in total. The summed E-state index contributed by atoms with van der Waals surface area (Å²) in [6.45, 7) is 5.02. The van der Waals surface area contributed by atoms with Gasteiger partial charge >= 0.3 is 7.12 Å². The highest BCUT2D eigenvalue weighted by atomic mass is 16.4. The molecule has 10 nitrogen and oxygen atoms in total. The third-order valence-electron chi connectivity index (χ3n) is 6.62. The van der Waals surface area contributed by atoms with E-state index >= 15 is 0 Å².